The van der Waals surface area contributed by atoms with Crippen LogP contribution >= 0.6 is 0 Å². The molecule has 1 aromatic carbocycles. The maximum absolute atomic E-state index is 13.5. The Kier molecular flexibility index (Phi) is 8.96. The number of nitrogens with zero attached hydrogens (tertiary/aromatic N) is 2. The summed E-state index contributed by atoms with van der Waals surface area (Å²) < 4.78 is 26.4. The molecule has 1 aromatic heterocycles. The minimum atomic E-state index is -1.37. The van der Waals surface area contributed by atoms with Crippen LogP contribution in [0.15, 0.2) is 46.1 Å². The van der Waals surface area contributed by atoms with Gasteiger partial charge in [-0.1, -0.05) is 57.0 Å². The molecule has 0 radical (unpaired) electrons. The standard InChI is InChI=1S/C27H37N3O7/c1-4-6-13-34-17-27-22(36-14-7-5-2)21(28-25(27)32)24(37-27)29-15-19(3)23(31)30(26(29)33)18-35-16-20-11-9-8-10-12-20/h8-12,15,21-22,24H,4-7,13-14,16-18H2,1-3H3,(H,28,32)/t21-,22?,24+,27+/m0/s1. The van der Waals surface area contributed by atoms with Crippen molar-refractivity contribution in [2.75, 3.05) is 19.8 Å². The number of morpholine rings is 1. The zero-order valence-electron chi connectivity index (χ0n) is 21.8. The summed E-state index contributed by atoms with van der Waals surface area (Å²) in [6.45, 7) is 6.78. The number of benzene rings is 1. The highest BCUT2D eigenvalue weighted by Gasteiger charge is 2.67. The number of carbonyl (C=O) groups excluding carboxylic acids is 1. The Morgan fingerprint density at radius 2 is 1.76 bits per heavy atom. The first-order valence-corrected chi connectivity index (χ1v) is 13.0. The maximum atomic E-state index is 13.5. The molecule has 0 spiro atoms. The molecule has 2 aromatic rings. The number of nitrogens with one attached hydrogen (secondary N) is 1. The lowest BCUT2D eigenvalue weighted by Gasteiger charge is -2.31. The molecule has 4 atom stereocenters. The van der Waals surface area contributed by atoms with E-state index in [1.807, 2.05) is 30.3 Å². The number of fused-ring (bicyclic) bond motifs is 2. The smallest absolute Gasteiger partial charge is 0.335 e. The van der Waals surface area contributed by atoms with E-state index in [9.17, 15) is 14.4 Å². The summed E-state index contributed by atoms with van der Waals surface area (Å²) in [5, 5.41) is 2.96. The number of rotatable bonds is 14. The van der Waals surface area contributed by atoms with Gasteiger partial charge in [0, 0.05) is 25.0 Å². The second-order valence-electron chi connectivity index (χ2n) is 9.65. The lowest BCUT2D eigenvalue weighted by Crippen LogP contribution is -2.53. The van der Waals surface area contributed by atoms with Crippen molar-refractivity contribution in [1.82, 2.24) is 14.5 Å². The van der Waals surface area contributed by atoms with Crippen molar-refractivity contribution < 1.29 is 23.7 Å². The lowest BCUT2D eigenvalue weighted by atomic mass is 9.99. The Balaban J connectivity index is 1.60. The fourth-order valence-electron chi connectivity index (χ4n) is 4.76. The molecule has 2 saturated heterocycles. The third-order valence-electron chi connectivity index (χ3n) is 6.83. The minimum Gasteiger partial charge on any atom is -0.378 e. The monoisotopic (exact) mass is 515 g/mol. The third kappa shape index (κ3) is 5.57. The van der Waals surface area contributed by atoms with Crippen molar-refractivity contribution in [3.05, 3.63) is 68.5 Å². The predicted molar refractivity (Wildman–Crippen MR) is 136 cm³/mol. The van der Waals surface area contributed by atoms with E-state index in [1.54, 1.807) is 6.92 Å². The molecule has 2 bridgehead atoms. The summed E-state index contributed by atoms with van der Waals surface area (Å²) in [5.74, 6) is -0.309. The maximum Gasteiger partial charge on any atom is 0.335 e. The first kappa shape index (κ1) is 27.3. The highest BCUT2D eigenvalue weighted by atomic mass is 16.6. The van der Waals surface area contributed by atoms with Crippen LogP contribution in [-0.4, -0.2) is 52.6 Å². The molecule has 2 fully saturated rings. The Hall–Kier alpha value is -2.79. The van der Waals surface area contributed by atoms with E-state index in [1.165, 1.54) is 10.8 Å². The van der Waals surface area contributed by atoms with Gasteiger partial charge in [0.25, 0.3) is 11.5 Å². The predicted octanol–water partition coefficient (Wildman–Crippen LogP) is 2.26. The number of aryl methyl sites for hydroxylation is 1. The molecule has 3 heterocycles. The summed E-state index contributed by atoms with van der Waals surface area (Å²) in [6, 6.07) is 8.90. The van der Waals surface area contributed by atoms with Crippen LogP contribution in [0.4, 0.5) is 0 Å². The Morgan fingerprint density at radius 1 is 1.03 bits per heavy atom. The van der Waals surface area contributed by atoms with E-state index in [-0.39, 0.29) is 25.9 Å². The van der Waals surface area contributed by atoms with Crippen molar-refractivity contribution in [3.8, 4) is 0 Å². The number of amides is 1. The quantitative estimate of drug-likeness (QED) is 0.384. The summed E-state index contributed by atoms with van der Waals surface area (Å²) >= 11 is 0. The fourth-order valence-corrected chi connectivity index (χ4v) is 4.76. The highest BCUT2D eigenvalue weighted by molar-refractivity contribution is 5.90. The molecular weight excluding hydrogens is 478 g/mol. The van der Waals surface area contributed by atoms with Crippen LogP contribution in [0.5, 0.6) is 0 Å². The molecule has 202 valence electrons. The van der Waals surface area contributed by atoms with Crippen molar-refractivity contribution in [2.24, 2.45) is 0 Å². The van der Waals surface area contributed by atoms with E-state index >= 15 is 0 Å². The first-order chi connectivity index (χ1) is 17.9. The number of hydrogen-bond donors (Lipinski definition) is 1. The SMILES string of the molecule is CCCCOC[C@]12O[C@@H](n3cc(C)c(=O)n(COCc4ccccc4)c3=O)[C@@H](NC1=O)C2OCCCC. The van der Waals surface area contributed by atoms with E-state index < -0.39 is 35.2 Å². The van der Waals surface area contributed by atoms with Crippen LogP contribution in [0, 0.1) is 6.92 Å². The summed E-state index contributed by atoms with van der Waals surface area (Å²) in [4.78, 5) is 39.3. The summed E-state index contributed by atoms with van der Waals surface area (Å²) in [5.41, 5.74) is -1.09. The number of ether oxygens (including phenoxy) is 4. The summed E-state index contributed by atoms with van der Waals surface area (Å²) in [6.07, 6.45) is 3.59. The molecule has 0 aliphatic carbocycles. The number of aromatic nitrogens is 2. The van der Waals surface area contributed by atoms with Gasteiger partial charge in [0.15, 0.2) is 11.8 Å². The topological polar surface area (TPSA) is 110 Å². The van der Waals surface area contributed by atoms with Crippen LogP contribution in [0.3, 0.4) is 0 Å². The Morgan fingerprint density at radius 3 is 2.49 bits per heavy atom. The number of hydrogen-bond acceptors (Lipinski definition) is 7. The second-order valence-corrected chi connectivity index (χ2v) is 9.65. The van der Waals surface area contributed by atoms with Crippen LogP contribution in [0.25, 0.3) is 0 Å². The average Bonchev–Trinajstić information content (AvgIpc) is 3.34. The Labute approximate surface area is 216 Å². The molecule has 37 heavy (non-hydrogen) atoms. The summed E-state index contributed by atoms with van der Waals surface area (Å²) in [7, 11) is 0. The van der Waals surface area contributed by atoms with Gasteiger partial charge in [-0.15, -0.1) is 0 Å². The zero-order valence-corrected chi connectivity index (χ0v) is 21.8. The van der Waals surface area contributed by atoms with Gasteiger partial charge >= 0.3 is 5.69 Å². The van der Waals surface area contributed by atoms with Crippen molar-refractivity contribution in [1.29, 1.82) is 0 Å². The van der Waals surface area contributed by atoms with Gasteiger partial charge < -0.3 is 24.3 Å². The zero-order chi connectivity index (χ0) is 26.4. The van der Waals surface area contributed by atoms with Crippen LogP contribution in [0.1, 0.15) is 56.9 Å². The fraction of sp³-hybridized carbons (Fsp3) is 0.593. The third-order valence-corrected chi connectivity index (χ3v) is 6.83. The molecule has 2 aliphatic heterocycles. The van der Waals surface area contributed by atoms with Crippen LogP contribution < -0.4 is 16.6 Å². The molecular formula is C27H37N3O7. The van der Waals surface area contributed by atoms with E-state index in [0.717, 1.165) is 35.8 Å². The largest absolute Gasteiger partial charge is 0.378 e. The van der Waals surface area contributed by atoms with Crippen molar-refractivity contribution in [2.45, 2.75) is 83.8 Å². The van der Waals surface area contributed by atoms with Gasteiger partial charge in [0.2, 0.25) is 0 Å². The second kappa shape index (κ2) is 12.2. The van der Waals surface area contributed by atoms with Gasteiger partial charge in [0.1, 0.15) is 18.9 Å². The Bertz CT molecular complexity index is 1180. The molecule has 10 nitrogen and oxygen atoms in total. The van der Waals surface area contributed by atoms with E-state index in [0.29, 0.717) is 18.8 Å². The van der Waals surface area contributed by atoms with E-state index in [4.69, 9.17) is 18.9 Å². The van der Waals surface area contributed by atoms with Gasteiger partial charge in [-0.25, -0.2) is 9.36 Å². The minimum absolute atomic E-state index is 0.0240. The normalized spacial score (nSPS) is 24.5. The van der Waals surface area contributed by atoms with Crippen LogP contribution in [-0.2, 0) is 37.1 Å². The van der Waals surface area contributed by atoms with Gasteiger partial charge in [-0.3, -0.25) is 14.2 Å². The molecule has 2 aliphatic rings. The van der Waals surface area contributed by atoms with Gasteiger partial charge in [-0.05, 0) is 25.3 Å². The van der Waals surface area contributed by atoms with Crippen molar-refractivity contribution >= 4 is 5.91 Å². The molecule has 1 amide bonds. The molecule has 1 unspecified atom stereocenters. The number of unbranched alkanes of at least 4 members (excludes halogenated alkanes) is 2. The molecule has 0 saturated carbocycles. The van der Waals surface area contributed by atoms with Crippen molar-refractivity contribution in [3.63, 3.8) is 0 Å². The number of carbonyl (C=O) groups is 1. The molecule has 1 N–H and O–H groups in total. The van der Waals surface area contributed by atoms with Crippen LogP contribution in [0.2, 0.25) is 0 Å². The van der Waals surface area contributed by atoms with Gasteiger partial charge in [-0.2, -0.15) is 0 Å². The first-order valence-electron chi connectivity index (χ1n) is 13.0. The van der Waals surface area contributed by atoms with Gasteiger partial charge in [0.05, 0.1) is 13.2 Å². The van der Waals surface area contributed by atoms with E-state index in [2.05, 4.69) is 19.2 Å². The molecule has 10 heteroatoms. The lowest BCUT2D eigenvalue weighted by molar-refractivity contribution is -0.177. The average molecular weight is 516 g/mol. The molecule has 4 rings (SSSR count). The highest BCUT2D eigenvalue weighted by Crippen LogP contribution is 2.44.